The average Bonchev–Trinajstić information content (AvgIpc) is 2.60. The molecule has 0 spiro atoms. The van der Waals surface area contributed by atoms with E-state index in [2.05, 4.69) is 28.4 Å². The summed E-state index contributed by atoms with van der Waals surface area (Å²) in [6.07, 6.45) is 0.258. The first-order chi connectivity index (χ1) is 11.7. The maximum absolute atomic E-state index is 11.2. The molecule has 3 nitrogen and oxygen atoms in total. The second kappa shape index (κ2) is 9.08. The van der Waals surface area contributed by atoms with Crippen LogP contribution in [0.25, 0.3) is 0 Å². The Hall–Kier alpha value is -3.17. The summed E-state index contributed by atoms with van der Waals surface area (Å²) >= 11 is 0. The molecule has 24 heavy (non-hydrogen) atoms. The molecule has 0 saturated heterocycles. The molecule has 0 atom stereocenters. The van der Waals surface area contributed by atoms with E-state index in [0.29, 0.717) is 12.4 Å². The second-order valence-corrected chi connectivity index (χ2v) is 4.94. The zero-order chi connectivity index (χ0) is 17.2. The summed E-state index contributed by atoms with van der Waals surface area (Å²) < 4.78 is 10.2. The van der Waals surface area contributed by atoms with Crippen molar-refractivity contribution in [1.82, 2.24) is 0 Å². The quantitative estimate of drug-likeness (QED) is 0.641. The summed E-state index contributed by atoms with van der Waals surface area (Å²) in [4.78, 5) is 11.2. The normalized spacial score (nSPS) is 9.08. The number of hydrogen-bond donors (Lipinski definition) is 0. The molecule has 0 N–H and O–H groups in total. The van der Waals surface area contributed by atoms with Crippen LogP contribution >= 0.6 is 0 Å². The van der Waals surface area contributed by atoms with E-state index >= 15 is 0 Å². The fourth-order valence-electron chi connectivity index (χ4n) is 2.02. The topological polar surface area (TPSA) is 35.5 Å². The molecule has 0 aliphatic heterocycles. The van der Waals surface area contributed by atoms with Crippen LogP contribution in [0.15, 0.2) is 48.5 Å². The first-order valence-corrected chi connectivity index (χ1v) is 7.51. The van der Waals surface area contributed by atoms with Gasteiger partial charge in [0.2, 0.25) is 0 Å². The van der Waals surface area contributed by atoms with Crippen LogP contribution in [0.4, 0.5) is 0 Å². The van der Waals surface area contributed by atoms with Crippen LogP contribution in [0.2, 0.25) is 0 Å². The third kappa shape index (κ3) is 5.55. The van der Waals surface area contributed by atoms with Crippen LogP contribution in [-0.4, -0.2) is 19.7 Å². The lowest BCUT2D eigenvalue weighted by Crippen LogP contribution is -2.04. The Morgan fingerprint density at radius 3 is 2.42 bits per heavy atom. The van der Waals surface area contributed by atoms with E-state index in [1.165, 1.54) is 7.11 Å². The van der Waals surface area contributed by atoms with Gasteiger partial charge in [-0.05, 0) is 42.8 Å². The molecule has 0 bridgehead atoms. The summed E-state index contributed by atoms with van der Waals surface area (Å²) in [6, 6.07) is 15.1. The SMILES string of the molecule is CC#Cc1cccc(C#CCOc2ccc(CC(=O)OC)cc2)c1. The Kier molecular flexibility index (Phi) is 6.50. The van der Waals surface area contributed by atoms with Crippen molar-refractivity contribution in [2.45, 2.75) is 13.3 Å². The number of hydrogen-bond acceptors (Lipinski definition) is 3. The molecule has 0 amide bonds. The highest BCUT2D eigenvalue weighted by Crippen LogP contribution is 2.12. The van der Waals surface area contributed by atoms with Gasteiger partial charge in [-0.25, -0.2) is 0 Å². The predicted molar refractivity (Wildman–Crippen MR) is 93.5 cm³/mol. The van der Waals surface area contributed by atoms with Crippen molar-refractivity contribution in [2.24, 2.45) is 0 Å². The van der Waals surface area contributed by atoms with Gasteiger partial charge in [-0.2, -0.15) is 0 Å². The minimum atomic E-state index is -0.260. The second-order valence-electron chi connectivity index (χ2n) is 4.94. The number of ether oxygens (including phenoxy) is 2. The third-order valence-electron chi connectivity index (χ3n) is 3.18. The molecule has 0 aromatic heterocycles. The summed E-state index contributed by atoms with van der Waals surface area (Å²) in [5, 5.41) is 0. The van der Waals surface area contributed by atoms with Gasteiger partial charge in [0.1, 0.15) is 12.4 Å². The Balaban J connectivity index is 1.89. The number of carbonyl (C=O) groups excluding carboxylic acids is 1. The molecule has 0 aliphatic carbocycles. The molecule has 0 unspecified atom stereocenters. The predicted octanol–water partition coefficient (Wildman–Crippen LogP) is 3.20. The van der Waals surface area contributed by atoms with Crippen molar-refractivity contribution in [3.63, 3.8) is 0 Å². The molecule has 120 valence electrons. The van der Waals surface area contributed by atoms with E-state index in [0.717, 1.165) is 16.7 Å². The molecule has 2 aromatic carbocycles. The van der Waals surface area contributed by atoms with Gasteiger partial charge < -0.3 is 9.47 Å². The van der Waals surface area contributed by atoms with Gasteiger partial charge in [-0.3, -0.25) is 4.79 Å². The van der Waals surface area contributed by atoms with Crippen LogP contribution in [-0.2, 0) is 16.0 Å². The molecule has 0 radical (unpaired) electrons. The fraction of sp³-hybridized carbons (Fsp3) is 0.190. The average molecular weight is 318 g/mol. The molecule has 0 fully saturated rings. The molecule has 0 saturated carbocycles. The number of rotatable bonds is 4. The molecule has 3 heteroatoms. The minimum Gasteiger partial charge on any atom is -0.481 e. The van der Waals surface area contributed by atoms with E-state index in [4.69, 9.17) is 4.74 Å². The zero-order valence-electron chi connectivity index (χ0n) is 13.8. The van der Waals surface area contributed by atoms with E-state index in [-0.39, 0.29) is 12.4 Å². The van der Waals surface area contributed by atoms with Gasteiger partial charge in [-0.1, -0.05) is 36.0 Å². The Morgan fingerprint density at radius 1 is 1.04 bits per heavy atom. The Labute approximate surface area is 142 Å². The largest absolute Gasteiger partial charge is 0.481 e. The maximum atomic E-state index is 11.2. The highest BCUT2D eigenvalue weighted by molar-refractivity contribution is 5.72. The lowest BCUT2D eigenvalue weighted by atomic mass is 10.1. The first-order valence-electron chi connectivity index (χ1n) is 7.51. The first kappa shape index (κ1) is 17.2. The van der Waals surface area contributed by atoms with Gasteiger partial charge in [0.05, 0.1) is 13.5 Å². The number of carbonyl (C=O) groups is 1. The number of methoxy groups -OCH3 is 1. The van der Waals surface area contributed by atoms with Crippen LogP contribution in [0.3, 0.4) is 0 Å². The van der Waals surface area contributed by atoms with Gasteiger partial charge in [0.25, 0.3) is 0 Å². The van der Waals surface area contributed by atoms with Gasteiger partial charge in [0.15, 0.2) is 0 Å². The number of esters is 1. The molecule has 2 rings (SSSR count). The highest BCUT2D eigenvalue weighted by Gasteiger charge is 2.02. The molecular weight excluding hydrogens is 300 g/mol. The number of benzene rings is 2. The summed E-state index contributed by atoms with van der Waals surface area (Å²) in [7, 11) is 1.38. The van der Waals surface area contributed by atoms with Crippen molar-refractivity contribution in [1.29, 1.82) is 0 Å². The van der Waals surface area contributed by atoms with Crippen molar-refractivity contribution in [2.75, 3.05) is 13.7 Å². The van der Waals surface area contributed by atoms with Crippen molar-refractivity contribution < 1.29 is 14.3 Å². The molecule has 0 heterocycles. The monoisotopic (exact) mass is 318 g/mol. The van der Waals surface area contributed by atoms with Crippen LogP contribution < -0.4 is 4.74 Å². The highest BCUT2D eigenvalue weighted by atomic mass is 16.5. The Morgan fingerprint density at radius 2 is 1.75 bits per heavy atom. The molecule has 2 aromatic rings. The van der Waals surface area contributed by atoms with E-state index in [1.54, 1.807) is 0 Å². The smallest absolute Gasteiger partial charge is 0.309 e. The van der Waals surface area contributed by atoms with Crippen molar-refractivity contribution in [3.05, 3.63) is 65.2 Å². The van der Waals surface area contributed by atoms with Crippen LogP contribution in [0.1, 0.15) is 23.6 Å². The van der Waals surface area contributed by atoms with E-state index < -0.39 is 0 Å². The van der Waals surface area contributed by atoms with Gasteiger partial charge in [0, 0.05) is 11.1 Å². The van der Waals surface area contributed by atoms with E-state index in [9.17, 15) is 4.79 Å². The lowest BCUT2D eigenvalue weighted by molar-refractivity contribution is -0.139. The Bertz CT molecular complexity index is 812. The molecule has 0 aliphatic rings. The van der Waals surface area contributed by atoms with Crippen molar-refractivity contribution >= 4 is 5.97 Å². The fourth-order valence-corrected chi connectivity index (χ4v) is 2.02. The summed E-state index contributed by atoms with van der Waals surface area (Å²) in [6.45, 7) is 2.10. The maximum Gasteiger partial charge on any atom is 0.309 e. The minimum absolute atomic E-state index is 0.258. The summed E-state index contributed by atoms with van der Waals surface area (Å²) in [5.41, 5.74) is 2.74. The van der Waals surface area contributed by atoms with Gasteiger partial charge >= 0.3 is 5.97 Å². The van der Waals surface area contributed by atoms with Gasteiger partial charge in [-0.15, -0.1) is 5.92 Å². The third-order valence-corrected chi connectivity index (χ3v) is 3.18. The van der Waals surface area contributed by atoms with Crippen molar-refractivity contribution in [3.8, 4) is 29.4 Å². The van der Waals surface area contributed by atoms with Crippen LogP contribution in [0.5, 0.6) is 5.75 Å². The standard InChI is InChI=1S/C21H18O3/c1-3-6-17-7-4-8-18(15-17)9-5-14-24-20-12-10-19(11-13-20)16-21(22)23-2/h4,7-8,10-13,15H,14,16H2,1-2H3. The summed E-state index contributed by atoms with van der Waals surface area (Å²) in [5.74, 6) is 12.4. The van der Waals surface area contributed by atoms with E-state index in [1.807, 2.05) is 55.5 Å². The molecular formula is C21H18O3. The van der Waals surface area contributed by atoms with Crippen LogP contribution in [0, 0.1) is 23.7 Å². The zero-order valence-corrected chi connectivity index (χ0v) is 13.8. The lowest BCUT2D eigenvalue weighted by Gasteiger charge is -2.03.